The summed E-state index contributed by atoms with van der Waals surface area (Å²) in [6.07, 6.45) is 9.52. The Morgan fingerprint density at radius 2 is 1.94 bits per heavy atom. The van der Waals surface area contributed by atoms with Crippen LogP contribution in [0.1, 0.15) is 68.6 Å². The third-order valence-electron chi connectivity index (χ3n) is 6.45. The van der Waals surface area contributed by atoms with Crippen molar-refractivity contribution in [1.29, 1.82) is 0 Å². The normalized spacial score (nSPS) is 19.2. The van der Waals surface area contributed by atoms with Crippen LogP contribution >= 0.6 is 0 Å². The first-order valence-electron chi connectivity index (χ1n) is 11.8. The van der Waals surface area contributed by atoms with E-state index in [1.807, 2.05) is 24.4 Å². The van der Waals surface area contributed by atoms with Crippen molar-refractivity contribution in [3.8, 4) is 0 Å². The molecule has 3 aliphatic rings. The number of nitrogens with zero attached hydrogens (tertiary/aromatic N) is 4. The number of carbonyl (C=O) groups excluding carboxylic acids is 2. The Morgan fingerprint density at radius 1 is 1.12 bits per heavy atom. The Hall–Kier alpha value is -2.96. The highest BCUT2D eigenvalue weighted by Gasteiger charge is 2.39. The summed E-state index contributed by atoms with van der Waals surface area (Å²) >= 11 is 0. The Morgan fingerprint density at radius 3 is 2.62 bits per heavy atom. The van der Waals surface area contributed by atoms with Crippen molar-refractivity contribution in [3.63, 3.8) is 0 Å². The predicted molar refractivity (Wildman–Crippen MR) is 126 cm³/mol. The molecule has 2 bridgehead atoms. The summed E-state index contributed by atoms with van der Waals surface area (Å²) in [6, 6.07) is 10.2. The van der Waals surface area contributed by atoms with Crippen molar-refractivity contribution < 1.29 is 9.59 Å². The zero-order valence-corrected chi connectivity index (χ0v) is 19.1. The topological polar surface area (TPSA) is 78.4 Å². The Labute approximate surface area is 190 Å². The Bertz CT molecular complexity index is 943. The molecule has 1 saturated heterocycles. The quantitative estimate of drug-likeness (QED) is 0.792. The molecule has 4 heterocycles. The molecule has 0 aromatic carbocycles. The molecule has 2 aromatic rings. The molecule has 170 valence electrons. The van der Waals surface area contributed by atoms with Crippen LogP contribution in [-0.2, 0) is 11.2 Å². The van der Waals surface area contributed by atoms with Crippen molar-refractivity contribution in [3.05, 3.63) is 47.9 Å². The van der Waals surface area contributed by atoms with Gasteiger partial charge in [0.2, 0.25) is 5.91 Å². The minimum Gasteiger partial charge on any atom is -0.366 e. The van der Waals surface area contributed by atoms with E-state index in [9.17, 15) is 9.59 Å². The maximum absolute atomic E-state index is 12.5. The molecule has 32 heavy (non-hydrogen) atoms. The summed E-state index contributed by atoms with van der Waals surface area (Å²) in [6.45, 7) is 5.54. The summed E-state index contributed by atoms with van der Waals surface area (Å²) in [5.74, 6) is 0.514. The number of rotatable bonds is 4. The molecule has 7 heteroatoms. The molecule has 1 atom stereocenters. The van der Waals surface area contributed by atoms with E-state index in [1.165, 1.54) is 25.0 Å². The molecular weight excluding hydrogens is 402 g/mol. The molecule has 2 aromatic heterocycles. The molecule has 2 amide bonds. The number of aryl methyl sites for hydroxylation is 1. The Balaban J connectivity index is 0.000000230. The second kappa shape index (κ2) is 10.1. The molecule has 2 aliphatic heterocycles. The first-order chi connectivity index (χ1) is 15.6. The minimum absolute atomic E-state index is 0.00125. The third-order valence-corrected chi connectivity index (χ3v) is 6.45. The van der Waals surface area contributed by atoms with E-state index >= 15 is 0 Å². The number of hydrogen-bond acceptors (Lipinski definition) is 5. The molecule has 2 fully saturated rings. The van der Waals surface area contributed by atoms with Gasteiger partial charge in [-0.3, -0.25) is 19.5 Å². The van der Waals surface area contributed by atoms with Gasteiger partial charge in [-0.05, 0) is 49.9 Å². The van der Waals surface area contributed by atoms with E-state index < -0.39 is 0 Å². The Kier molecular flexibility index (Phi) is 7.02. The molecule has 1 unspecified atom stereocenters. The fraction of sp³-hybridized carbons (Fsp3) is 0.520. The summed E-state index contributed by atoms with van der Waals surface area (Å²) in [5, 5.41) is 3.07. The van der Waals surface area contributed by atoms with Crippen LogP contribution in [0, 0.1) is 0 Å². The van der Waals surface area contributed by atoms with E-state index in [0.29, 0.717) is 11.5 Å². The van der Waals surface area contributed by atoms with Gasteiger partial charge in [0, 0.05) is 37.9 Å². The highest BCUT2D eigenvalue weighted by molar-refractivity contribution is 5.99. The number of amides is 2. The number of nitrogens with one attached hydrogen (secondary N) is 1. The number of hydrogen-bond donors (Lipinski definition) is 1. The van der Waals surface area contributed by atoms with Gasteiger partial charge < -0.3 is 10.2 Å². The lowest BCUT2D eigenvalue weighted by atomic mass is 10.1. The zero-order valence-electron chi connectivity index (χ0n) is 19.1. The lowest BCUT2D eigenvalue weighted by Gasteiger charge is -2.35. The van der Waals surface area contributed by atoms with Crippen LogP contribution < -0.4 is 15.1 Å². The van der Waals surface area contributed by atoms with Gasteiger partial charge in [-0.2, -0.15) is 0 Å². The summed E-state index contributed by atoms with van der Waals surface area (Å²) in [7, 11) is 0. The molecule has 5 rings (SSSR count). The maximum atomic E-state index is 12.5. The fourth-order valence-electron chi connectivity index (χ4n) is 4.87. The van der Waals surface area contributed by atoms with Gasteiger partial charge in [0.25, 0.3) is 5.91 Å². The van der Waals surface area contributed by atoms with E-state index in [0.717, 1.165) is 44.5 Å². The highest BCUT2D eigenvalue weighted by atomic mass is 16.2. The van der Waals surface area contributed by atoms with E-state index in [2.05, 4.69) is 33.2 Å². The number of anilines is 2. The average molecular weight is 436 g/mol. The standard InChI is InChI=1S/C17H22N4O2.C8H11N/c1-11(22)21-13-8-9-20(10-13)15-7-6-14(19-16(15)21)17(23)18-12-4-2-3-5-12;1-2-5-8-6-3-4-7-9-8/h6-7,12-13H,2-5,8-10H2,1H3,(H,18,23);3-4,6-7H,2,5H2,1H3. The lowest BCUT2D eigenvalue weighted by molar-refractivity contribution is -0.117. The number of carbonyl (C=O) groups is 2. The molecule has 1 N–H and O–H groups in total. The number of pyridine rings is 2. The van der Waals surface area contributed by atoms with E-state index in [4.69, 9.17) is 0 Å². The van der Waals surface area contributed by atoms with Gasteiger partial charge in [-0.25, -0.2) is 4.98 Å². The number of aromatic nitrogens is 2. The van der Waals surface area contributed by atoms with Crippen LogP contribution in [0.15, 0.2) is 36.5 Å². The lowest BCUT2D eigenvalue weighted by Crippen LogP contribution is -2.45. The van der Waals surface area contributed by atoms with Crippen molar-refractivity contribution >= 4 is 23.3 Å². The van der Waals surface area contributed by atoms with Crippen LogP contribution in [-0.4, -0.2) is 47.0 Å². The SMILES string of the molecule is CC(=O)N1c2nc(C(=O)NC3CCCC3)ccc2N2CCC1C2.CCCc1ccccn1. The summed E-state index contributed by atoms with van der Waals surface area (Å²) < 4.78 is 0. The van der Waals surface area contributed by atoms with Crippen molar-refractivity contribution in [2.24, 2.45) is 0 Å². The van der Waals surface area contributed by atoms with Crippen LogP contribution in [0.5, 0.6) is 0 Å². The second-order valence-electron chi connectivity index (χ2n) is 8.84. The van der Waals surface area contributed by atoms with Gasteiger partial charge in [0.05, 0.1) is 11.7 Å². The number of fused-ring (bicyclic) bond motifs is 4. The maximum Gasteiger partial charge on any atom is 0.270 e. The van der Waals surface area contributed by atoms with Gasteiger partial charge in [-0.1, -0.05) is 32.3 Å². The zero-order chi connectivity index (χ0) is 22.5. The van der Waals surface area contributed by atoms with E-state index in [-0.39, 0.29) is 23.9 Å². The second-order valence-corrected chi connectivity index (χ2v) is 8.84. The average Bonchev–Trinajstić information content (AvgIpc) is 3.45. The van der Waals surface area contributed by atoms with Gasteiger partial charge >= 0.3 is 0 Å². The van der Waals surface area contributed by atoms with Crippen LogP contribution in [0.3, 0.4) is 0 Å². The van der Waals surface area contributed by atoms with Crippen LogP contribution in [0.2, 0.25) is 0 Å². The van der Waals surface area contributed by atoms with Gasteiger partial charge in [0.15, 0.2) is 5.82 Å². The minimum atomic E-state index is -0.129. The highest BCUT2D eigenvalue weighted by Crippen LogP contribution is 2.38. The predicted octanol–water partition coefficient (Wildman–Crippen LogP) is 3.73. The molecule has 1 aliphatic carbocycles. The largest absolute Gasteiger partial charge is 0.366 e. The molecule has 7 nitrogen and oxygen atoms in total. The van der Waals surface area contributed by atoms with Gasteiger partial charge in [0.1, 0.15) is 5.69 Å². The molecule has 0 spiro atoms. The van der Waals surface area contributed by atoms with Crippen molar-refractivity contribution in [2.75, 3.05) is 22.9 Å². The monoisotopic (exact) mass is 435 g/mol. The molecule has 1 saturated carbocycles. The van der Waals surface area contributed by atoms with Crippen LogP contribution in [0.25, 0.3) is 0 Å². The fourth-order valence-corrected chi connectivity index (χ4v) is 4.87. The van der Waals surface area contributed by atoms with Crippen molar-refractivity contribution in [1.82, 2.24) is 15.3 Å². The first-order valence-corrected chi connectivity index (χ1v) is 11.8. The summed E-state index contributed by atoms with van der Waals surface area (Å²) in [5.41, 5.74) is 2.57. The van der Waals surface area contributed by atoms with Crippen molar-refractivity contribution in [2.45, 2.75) is 70.9 Å². The third kappa shape index (κ3) is 4.92. The molecular formula is C25H33N5O2. The van der Waals surface area contributed by atoms with Gasteiger partial charge in [-0.15, -0.1) is 0 Å². The molecule has 0 radical (unpaired) electrons. The smallest absolute Gasteiger partial charge is 0.270 e. The summed E-state index contributed by atoms with van der Waals surface area (Å²) in [4.78, 5) is 37.3. The first kappa shape index (κ1) is 22.2. The van der Waals surface area contributed by atoms with E-state index in [1.54, 1.807) is 17.9 Å². The van der Waals surface area contributed by atoms with Crippen LogP contribution in [0.4, 0.5) is 11.5 Å².